The number of hydrogen-bond acceptors (Lipinski definition) is 3. The molecule has 3 heteroatoms. The number of thiophene rings is 1. The number of rotatable bonds is 5. The minimum atomic E-state index is 0.891. The maximum absolute atomic E-state index is 6.26. The number of para-hydroxylation sites is 1. The Labute approximate surface area is 287 Å². The van der Waals surface area contributed by atoms with Crippen molar-refractivity contribution in [2.75, 3.05) is 4.90 Å². The number of hydrogen-bond donors (Lipinski definition) is 0. The second-order valence-corrected chi connectivity index (χ2v) is 13.5. The quantitative estimate of drug-likeness (QED) is 0.186. The molecule has 0 unspecified atom stereocenters. The molecular weight excluding hydrogens is 615 g/mol. The zero-order valence-corrected chi connectivity index (χ0v) is 27.3. The Morgan fingerprint density at radius 2 is 1.10 bits per heavy atom. The van der Waals surface area contributed by atoms with Crippen LogP contribution in [0.3, 0.4) is 0 Å². The van der Waals surface area contributed by atoms with Crippen LogP contribution < -0.4 is 4.90 Å². The van der Waals surface area contributed by atoms with E-state index in [1.54, 1.807) is 0 Å². The van der Waals surface area contributed by atoms with Gasteiger partial charge in [0.15, 0.2) is 0 Å². The minimum Gasteiger partial charge on any atom is -0.456 e. The minimum absolute atomic E-state index is 0.891. The fraction of sp³-hybridized carbons (Fsp3) is 0. The first-order chi connectivity index (χ1) is 24.3. The van der Waals surface area contributed by atoms with Crippen LogP contribution in [-0.4, -0.2) is 0 Å². The van der Waals surface area contributed by atoms with Gasteiger partial charge in [0.2, 0.25) is 0 Å². The molecule has 0 saturated carbocycles. The molecule has 10 rings (SSSR count). The Morgan fingerprint density at radius 3 is 1.98 bits per heavy atom. The van der Waals surface area contributed by atoms with Crippen molar-refractivity contribution >= 4 is 81.3 Å². The summed E-state index contributed by atoms with van der Waals surface area (Å²) in [6.07, 6.45) is 0. The van der Waals surface area contributed by atoms with Crippen LogP contribution in [-0.2, 0) is 0 Å². The summed E-state index contributed by atoms with van der Waals surface area (Å²) in [5.74, 6) is 0. The van der Waals surface area contributed by atoms with E-state index in [2.05, 4.69) is 169 Å². The highest BCUT2D eigenvalue weighted by Crippen LogP contribution is 2.49. The SMILES string of the molecule is c1ccc(-c2ccc(N(c3ccc(-c4cccc5ccccc45)cc3)c3ccc4oc5ccccc5c4c3)c3c2sc2ccccc23)cc1. The van der Waals surface area contributed by atoms with Gasteiger partial charge in [0, 0.05) is 42.3 Å². The lowest BCUT2D eigenvalue weighted by atomic mass is 9.97. The molecule has 0 amide bonds. The van der Waals surface area contributed by atoms with Crippen molar-refractivity contribution in [1.29, 1.82) is 0 Å². The third-order valence-corrected chi connectivity index (χ3v) is 10.9. The Hall–Kier alpha value is -6.16. The van der Waals surface area contributed by atoms with Crippen molar-refractivity contribution in [1.82, 2.24) is 0 Å². The molecule has 0 saturated heterocycles. The fourth-order valence-corrected chi connectivity index (χ4v) is 8.65. The first kappa shape index (κ1) is 27.9. The molecule has 0 spiro atoms. The van der Waals surface area contributed by atoms with Crippen molar-refractivity contribution in [3.63, 3.8) is 0 Å². The number of benzene rings is 8. The predicted molar refractivity (Wildman–Crippen MR) is 210 cm³/mol. The Bertz CT molecular complexity index is 2820. The van der Waals surface area contributed by atoms with Crippen molar-refractivity contribution in [3.05, 3.63) is 176 Å². The van der Waals surface area contributed by atoms with Gasteiger partial charge in [0.05, 0.1) is 5.69 Å². The molecule has 0 radical (unpaired) electrons. The summed E-state index contributed by atoms with van der Waals surface area (Å²) < 4.78 is 8.83. The number of anilines is 3. The van der Waals surface area contributed by atoms with Crippen LogP contribution in [0.5, 0.6) is 0 Å². The first-order valence-electron chi connectivity index (χ1n) is 16.6. The molecule has 0 aliphatic heterocycles. The Balaban J connectivity index is 1.23. The summed E-state index contributed by atoms with van der Waals surface area (Å²) in [5, 5.41) is 7.26. The zero-order valence-electron chi connectivity index (χ0n) is 26.5. The predicted octanol–water partition coefficient (Wildman–Crippen LogP) is 13.9. The van der Waals surface area contributed by atoms with E-state index in [4.69, 9.17) is 4.42 Å². The van der Waals surface area contributed by atoms with Gasteiger partial charge in [-0.15, -0.1) is 11.3 Å². The number of furan rings is 1. The van der Waals surface area contributed by atoms with Crippen molar-refractivity contribution in [2.45, 2.75) is 0 Å². The van der Waals surface area contributed by atoms with Gasteiger partial charge in [-0.05, 0) is 81.6 Å². The van der Waals surface area contributed by atoms with Gasteiger partial charge in [0.1, 0.15) is 11.2 Å². The van der Waals surface area contributed by atoms with Gasteiger partial charge in [-0.2, -0.15) is 0 Å². The van der Waals surface area contributed by atoms with Crippen LogP contribution in [0, 0.1) is 0 Å². The summed E-state index contributed by atoms with van der Waals surface area (Å²) >= 11 is 1.87. The third kappa shape index (κ3) is 4.55. The van der Waals surface area contributed by atoms with E-state index in [-0.39, 0.29) is 0 Å². The topological polar surface area (TPSA) is 16.4 Å². The number of fused-ring (bicyclic) bond motifs is 7. The largest absolute Gasteiger partial charge is 0.456 e. The summed E-state index contributed by atoms with van der Waals surface area (Å²) in [4.78, 5) is 2.42. The lowest BCUT2D eigenvalue weighted by molar-refractivity contribution is 0.669. The molecule has 2 nitrogen and oxygen atoms in total. The lowest BCUT2D eigenvalue weighted by Crippen LogP contribution is -2.10. The summed E-state index contributed by atoms with van der Waals surface area (Å²) in [7, 11) is 0. The second-order valence-electron chi connectivity index (χ2n) is 12.5. The van der Waals surface area contributed by atoms with Gasteiger partial charge in [0.25, 0.3) is 0 Å². The zero-order chi connectivity index (χ0) is 32.3. The van der Waals surface area contributed by atoms with Gasteiger partial charge >= 0.3 is 0 Å². The summed E-state index contributed by atoms with van der Waals surface area (Å²) in [5.41, 5.74) is 10.0. The van der Waals surface area contributed by atoms with Crippen LogP contribution in [0.15, 0.2) is 180 Å². The molecule has 10 aromatic rings. The molecule has 0 aliphatic rings. The third-order valence-electron chi connectivity index (χ3n) is 9.67. The smallest absolute Gasteiger partial charge is 0.135 e. The summed E-state index contributed by atoms with van der Waals surface area (Å²) in [6.45, 7) is 0. The van der Waals surface area contributed by atoms with E-state index in [0.717, 1.165) is 39.0 Å². The molecule has 0 N–H and O–H groups in total. The van der Waals surface area contributed by atoms with Gasteiger partial charge in [-0.3, -0.25) is 0 Å². The van der Waals surface area contributed by atoms with Crippen LogP contribution >= 0.6 is 11.3 Å². The maximum Gasteiger partial charge on any atom is 0.135 e. The lowest BCUT2D eigenvalue weighted by Gasteiger charge is -2.27. The van der Waals surface area contributed by atoms with E-state index in [0.29, 0.717) is 0 Å². The fourth-order valence-electron chi connectivity index (χ4n) is 7.39. The van der Waals surface area contributed by atoms with Crippen molar-refractivity contribution in [2.24, 2.45) is 0 Å². The van der Waals surface area contributed by atoms with Crippen molar-refractivity contribution in [3.8, 4) is 22.3 Å². The van der Waals surface area contributed by atoms with Gasteiger partial charge < -0.3 is 9.32 Å². The van der Waals surface area contributed by atoms with Crippen LogP contribution in [0.1, 0.15) is 0 Å². The maximum atomic E-state index is 6.26. The van der Waals surface area contributed by atoms with E-state index < -0.39 is 0 Å². The standard InChI is InChI=1S/C46H29NOS/c1-2-11-31(12-3-1)37-26-27-41(45-39-17-7-9-20-44(39)49-46(37)45)47(34-25-28-43-40(29-34)38-16-6-8-19-42(38)48-43)33-23-21-32(22-24-33)36-18-10-14-30-13-4-5-15-35(30)36/h1-29H. The summed E-state index contributed by atoms with van der Waals surface area (Å²) in [6, 6.07) is 63.2. The van der Waals surface area contributed by atoms with E-state index in [1.807, 2.05) is 23.5 Å². The average molecular weight is 644 g/mol. The van der Waals surface area contributed by atoms with E-state index in [1.165, 1.54) is 53.2 Å². The molecule has 2 heterocycles. The highest BCUT2D eigenvalue weighted by atomic mass is 32.1. The molecule has 2 aromatic heterocycles. The van der Waals surface area contributed by atoms with Gasteiger partial charge in [-0.1, -0.05) is 127 Å². The van der Waals surface area contributed by atoms with Crippen LogP contribution in [0.25, 0.3) is 75.1 Å². The van der Waals surface area contributed by atoms with E-state index >= 15 is 0 Å². The van der Waals surface area contributed by atoms with Crippen molar-refractivity contribution < 1.29 is 4.42 Å². The van der Waals surface area contributed by atoms with Crippen LogP contribution in [0.4, 0.5) is 17.1 Å². The highest BCUT2D eigenvalue weighted by Gasteiger charge is 2.22. The molecule has 49 heavy (non-hydrogen) atoms. The second kappa shape index (κ2) is 11.2. The normalized spacial score (nSPS) is 11.7. The molecule has 0 bridgehead atoms. The monoisotopic (exact) mass is 643 g/mol. The Kier molecular flexibility index (Phi) is 6.39. The van der Waals surface area contributed by atoms with Gasteiger partial charge in [-0.25, -0.2) is 0 Å². The molecule has 0 atom stereocenters. The molecule has 230 valence electrons. The highest BCUT2D eigenvalue weighted by molar-refractivity contribution is 7.26. The molecular formula is C46H29NOS. The van der Waals surface area contributed by atoms with Crippen LogP contribution in [0.2, 0.25) is 0 Å². The number of nitrogens with zero attached hydrogens (tertiary/aromatic N) is 1. The molecule has 0 aliphatic carbocycles. The Morgan fingerprint density at radius 1 is 0.429 bits per heavy atom. The average Bonchev–Trinajstić information content (AvgIpc) is 3.74. The molecule has 0 fully saturated rings. The first-order valence-corrected chi connectivity index (χ1v) is 17.4. The van der Waals surface area contributed by atoms with E-state index in [9.17, 15) is 0 Å². The molecule has 8 aromatic carbocycles.